The van der Waals surface area contributed by atoms with Gasteiger partial charge in [-0.2, -0.15) is 0 Å². The lowest BCUT2D eigenvalue weighted by Gasteiger charge is -2.26. The zero-order chi connectivity index (χ0) is 32.7. The minimum Gasteiger partial charge on any atom is -0.370 e. The van der Waals surface area contributed by atoms with Crippen molar-refractivity contribution in [3.05, 3.63) is 0 Å². The molecule has 9 nitrogen and oxygen atoms in total. The van der Waals surface area contributed by atoms with Crippen molar-refractivity contribution < 1.29 is 9.59 Å². The Morgan fingerprint density at radius 2 is 1.05 bits per heavy atom. The molecule has 1 unspecified atom stereocenters. The number of nitrogens with one attached hydrogen (secondary N) is 2. The van der Waals surface area contributed by atoms with Crippen molar-refractivity contribution in [3.8, 4) is 0 Å². The van der Waals surface area contributed by atoms with Crippen LogP contribution in [0, 0.1) is 5.41 Å². The van der Waals surface area contributed by atoms with Gasteiger partial charge in [0.2, 0.25) is 5.91 Å². The third-order valence-electron chi connectivity index (χ3n) is 8.33. The van der Waals surface area contributed by atoms with Crippen LogP contribution in [0.25, 0.3) is 0 Å². The first-order valence-electron chi connectivity index (χ1n) is 18.3. The molecular weight excluding hydrogens is 550 g/mol. The number of rotatable bonds is 32. The summed E-state index contributed by atoms with van der Waals surface area (Å²) in [7, 11) is 0. The summed E-state index contributed by atoms with van der Waals surface area (Å²) in [6.45, 7) is 6.34. The highest BCUT2D eigenvalue weighted by Gasteiger charge is 2.22. The molecule has 0 spiro atoms. The third kappa shape index (κ3) is 26.3. The van der Waals surface area contributed by atoms with Crippen LogP contribution in [-0.4, -0.2) is 60.6 Å². The maximum absolute atomic E-state index is 13.3. The highest BCUT2D eigenvalue weighted by molar-refractivity contribution is 6.37. The van der Waals surface area contributed by atoms with Crippen LogP contribution in [0.15, 0.2) is 4.99 Å². The summed E-state index contributed by atoms with van der Waals surface area (Å²) in [5, 5.41) is 10.6. The molecule has 0 radical (unpaired) electrons. The van der Waals surface area contributed by atoms with Gasteiger partial charge >= 0.3 is 0 Å². The van der Waals surface area contributed by atoms with Gasteiger partial charge in [0.25, 0.3) is 5.91 Å². The zero-order valence-electron chi connectivity index (χ0n) is 28.8. The Hall–Kier alpha value is -2.16. The second kappa shape index (κ2) is 30.8. The van der Waals surface area contributed by atoms with Crippen molar-refractivity contribution in [2.75, 3.05) is 26.2 Å². The fraction of sp³-hybridized carbons (Fsp3) is 0.886. The Morgan fingerprint density at radius 1 is 0.659 bits per heavy atom. The van der Waals surface area contributed by atoms with E-state index in [4.69, 9.17) is 22.6 Å². The van der Waals surface area contributed by atoms with Crippen LogP contribution in [0.2, 0.25) is 0 Å². The van der Waals surface area contributed by atoms with Gasteiger partial charge in [-0.3, -0.25) is 20.0 Å². The maximum Gasteiger partial charge on any atom is 0.264 e. The van der Waals surface area contributed by atoms with Gasteiger partial charge in [0, 0.05) is 26.2 Å². The number of hydrogen-bond donors (Lipinski definition) is 5. The second-order valence-corrected chi connectivity index (χ2v) is 12.6. The largest absolute Gasteiger partial charge is 0.370 e. The highest BCUT2D eigenvalue weighted by atomic mass is 16.2. The molecule has 0 aliphatic heterocycles. The second-order valence-electron chi connectivity index (χ2n) is 12.6. The lowest BCUT2D eigenvalue weighted by atomic mass is 10.0. The van der Waals surface area contributed by atoms with Crippen molar-refractivity contribution in [1.82, 2.24) is 10.2 Å². The molecule has 44 heavy (non-hydrogen) atoms. The predicted octanol–water partition coefficient (Wildman–Crippen LogP) is 6.95. The maximum atomic E-state index is 13.3. The molecule has 258 valence electrons. The average Bonchev–Trinajstić information content (AvgIpc) is 3.01. The first kappa shape index (κ1) is 41.8. The summed E-state index contributed by atoms with van der Waals surface area (Å²) in [4.78, 5) is 31.4. The number of carbonyl (C=O) groups is 2. The Morgan fingerprint density at radius 3 is 1.43 bits per heavy atom. The number of hydrogen-bond acceptors (Lipinski definition) is 5. The van der Waals surface area contributed by atoms with Gasteiger partial charge in [-0.1, -0.05) is 142 Å². The van der Waals surface area contributed by atoms with E-state index in [1.54, 1.807) is 0 Å². The summed E-state index contributed by atoms with van der Waals surface area (Å²) in [6, 6.07) is -0.811. The summed E-state index contributed by atoms with van der Waals surface area (Å²) in [5.74, 6) is -0.611. The third-order valence-corrected chi connectivity index (χ3v) is 8.33. The van der Waals surface area contributed by atoms with Crippen LogP contribution in [0.3, 0.4) is 0 Å². The van der Waals surface area contributed by atoms with Crippen LogP contribution in [-0.2, 0) is 9.59 Å². The molecule has 0 heterocycles. The van der Waals surface area contributed by atoms with E-state index in [9.17, 15) is 9.59 Å². The molecule has 0 saturated heterocycles. The molecule has 0 aromatic carbocycles. The predicted molar refractivity (Wildman–Crippen MR) is 188 cm³/mol. The molecule has 0 aliphatic carbocycles. The van der Waals surface area contributed by atoms with Crippen LogP contribution in [0.1, 0.15) is 168 Å². The van der Waals surface area contributed by atoms with Gasteiger partial charge < -0.3 is 27.4 Å². The van der Waals surface area contributed by atoms with Crippen molar-refractivity contribution in [2.24, 2.45) is 22.2 Å². The standard InChI is InChI=1S/C35H71N7O2/c1-3-5-7-9-11-13-15-16-18-20-22-24-29-42(28-23-21-19-17-14-12-10-8-6-4-2)34(44)32(37)30-41-33(43)31(36)26-25-27-40-35(38)39/h32,36H,3-30,37H2,1-2H3,(H,41,43)(H4,38,39,40). The van der Waals surface area contributed by atoms with Gasteiger partial charge in [0.15, 0.2) is 5.96 Å². The summed E-state index contributed by atoms with van der Waals surface area (Å²) < 4.78 is 0. The molecule has 0 rings (SSSR count). The number of nitrogens with two attached hydrogens (primary N) is 3. The zero-order valence-corrected chi connectivity index (χ0v) is 28.8. The van der Waals surface area contributed by atoms with E-state index < -0.39 is 11.9 Å². The van der Waals surface area contributed by atoms with E-state index in [2.05, 4.69) is 24.2 Å². The summed E-state index contributed by atoms with van der Waals surface area (Å²) >= 11 is 0. The SMILES string of the molecule is CCCCCCCCCCCCCCN(CCCCCCCCCCCC)C(=O)C(N)CNC(=O)C(=N)CCCN=C(N)N. The number of aliphatic imine (C=N–C) groups is 1. The van der Waals surface area contributed by atoms with Crippen molar-refractivity contribution in [1.29, 1.82) is 5.41 Å². The van der Waals surface area contributed by atoms with E-state index in [1.165, 1.54) is 116 Å². The van der Waals surface area contributed by atoms with Gasteiger partial charge in [-0.25, -0.2) is 0 Å². The molecule has 0 fully saturated rings. The first-order valence-corrected chi connectivity index (χ1v) is 18.3. The van der Waals surface area contributed by atoms with E-state index in [-0.39, 0.29) is 30.5 Å². The molecule has 9 heteroatoms. The Labute approximate surface area is 270 Å². The normalized spacial score (nSPS) is 11.7. The van der Waals surface area contributed by atoms with Gasteiger partial charge in [-0.15, -0.1) is 0 Å². The number of nitrogens with zero attached hydrogens (tertiary/aromatic N) is 2. The van der Waals surface area contributed by atoms with Gasteiger partial charge in [0.05, 0.1) is 5.71 Å². The summed E-state index contributed by atoms with van der Waals surface area (Å²) in [5.41, 5.74) is 16.8. The molecule has 8 N–H and O–H groups in total. The van der Waals surface area contributed by atoms with Gasteiger partial charge in [-0.05, 0) is 25.7 Å². The van der Waals surface area contributed by atoms with Crippen LogP contribution >= 0.6 is 0 Å². The van der Waals surface area contributed by atoms with E-state index in [1.807, 2.05) is 4.90 Å². The number of carbonyl (C=O) groups excluding carboxylic acids is 2. The molecule has 0 aromatic heterocycles. The van der Waals surface area contributed by atoms with Crippen molar-refractivity contribution in [3.63, 3.8) is 0 Å². The van der Waals surface area contributed by atoms with Gasteiger partial charge in [0.1, 0.15) is 6.04 Å². The number of amides is 2. The fourth-order valence-corrected chi connectivity index (χ4v) is 5.47. The average molecular weight is 622 g/mol. The highest BCUT2D eigenvalue weighted by Crippen LogP contribution is 2.14. The molecule has 2 amide bonds. The van der Waals surface area contributed by atoms with E-state index >= 15 is 0 Å². The molecular formula is C35H71N7O2. The minimum absolute atomic E-state index is 0.00340. The molecule has 0 aliphatic rings. The number of guanidine groups is 1. The molecule has 0 aromatic rings. The summed E-state index contributed by atoms with van der Waals surface area (Å²) in [6.07, 6.45) is 28.7. The lowest BCUT2D eigenvalue weighted by Crippen LogP contribution is -2.51. The first-order chi connectivity index (χ1) is 21.3. The van der Waals surface area contributed by atoms with Crippen LogP contribution in [0.5, 0.6) is 0 Å². The lowest BCUT2D eigenvalue weighted by molar-refractivity contribution is -0.132. The molecule has 0 bridgehead atoms. The molecule has 0 saturated carbocycles. The molecule has 1 atom stereocenters. The minimum atomic E-state index is -0.811. The van der Waals surface area contributed by atoms with Crippen LogP contribution in [0.4, 0.5) is 0 Å². The van der Waals surface area contributed by atoms with Crippen LogP contribution < -0.4 is 22.5 Å². The van der Waals surface area contributed by atoms with E-state index in [0.717, 1.165) is 38.8 Å². The smallest absolute Gasteiger partial charge is 0.264 e. The monoisotopic (exact) mass is 622 g/mol. The van der Waals surface area contributed by atoms with Crippen molar-refractivity contribution >= 4 is 23.5 Å². The van der Waals surface area contributed by atoms with Crippen molar-refractivity contribution in [2.45, 2.75) is 174 Å². The quantitative estimate of drug-likeness (QED) is 0.0311. The Balaban J connectivity index is 4.49. The number of unbranched alkanes of at least 4 members (excludes halogenated alkanes) is 20. The Bertz CT molecular complexity index is 741. The topological polar surface area (TPSA) is 164 Å². The fourth-order valence-electron chi connectivity index (χ4n) is 5.47. The Kier molecular flexibility index (Phi) is 29.3. The van der Waals surface area contributed by atoms with E-state index in [0.29, 0.717) is 13.0 Å².